The Bertz CT molecular complexity index is 862. The molecule has 1 amide bonds. The molecular weight excluding hydrogens is 296 g/mol. The van der Waals surface area contributed by atoms with Crippen molar-refractivity contribution in [2.75, 3.05) is 0 Å². The molecule has 3 aromatic rings. The Labute approximate surface area is 142 Å². The van der Waals surface area contributed by atoms with E-state index in [1.807, 2.05) is 55.5 Å². The molecule has 0 unspecified atom stereocenters. The summed E-state index contributed by atoms with van der Waals surface area (Å²) in [5.41, 5.74) is 11.3. The van der Waals surface area contributed by atoms with E-state index in [4.69, 9.17) is 5.73 Å². The van der Waals surface area contributed by atoms with Gasteiger partial charge in [0.05, 0.1) is 11.3 Å². The summed E-state index contributed by atoms with van der Waals surface area (Å²) in [4.78, 5) is 12.2. The molecule has 0 bridgehead atoms. The van der Waals surface area contributed by atoms with Crippen LogP contribution in [0, 0.1) is 6.92 Å². The van der Waals surface area contributed by atoms with Crippen molar-refractivity contribution in [3.8, 4) is 22.4 Å². The van der Waals surface area contributed by atoms with Crippen molar-refractivity contribution in [1.82, 2.24) is 4.57 Å². The van der Waals surface area contributed by atoms with Gasteiger partial charge in [-0.15, -0.1) is 0 Å². The van der Waals surface area contributed by atoms with Crippen LogP contribution in [0.15, 0.2) is 60.7 Å². The number of carbonyl (C=O) groups is 1. The average Bonchev–Trinajstić information content (AvgIpc) is 2.90. The molecule has 1 heterocycles. The van der Waals surface area contributed by atoms with E-state index in [0.717, 1.165) is 28.1 Å². The number of carbonyl (C=O) groups excluding carboxylic acids is 1. The molecule has 2 N–H and O–H groups in total. The van der Waals surface area contributed by atoms with Crippen molar-refractivity contribution >= 4 is 5.91 Å². The minimum atomic E-state index is -0.386. The van der Waals surface area contributed by atoms with E-state index in [2.05, 4.69) is 30.5 Å². The first kappa shape index (κ1) is 16.1. The summed E-state index contributed by atoms with van der Waals surface area (Å²) >= 11 is 0. The van der Waals surface area contributed by atoms with Crippen LogP contribution in [0.4, 0.5) is 0 Å². The summed E-state index contributed by atoms with van der Waals surface area (Å²) in [6.45, 7) is 6.22. The van der Waals surface area contributed by atoms with E-state index in [1.165, 1.54) is 0 Å². The Morgan fingerprint density at radius 1 is 0.917 bits per heavy atom. The Hall–Kier alpha value is -2.81. The largest absolute Gasteiger partial charge is 0.366 e. The van der Waals surface area contributed by atoms with Crippen LogP contribution in [0.25, 0.3) is 22.4 Å². The predicted molar refractivity (Wildman–Crippen MR) is 98.9 cm³/mol. The molecule has 0 aliphatic heterocycles. The van der Waals surface area contributed by atoms with E-state index >= 15 is 0 Å². The Balaban J connectivity index is 2.45. The van der Waals surface area contributed by atoms with Gasteiger partial charge < -0.3 is 10.3 Å². The van der Waals surface area contributed by atoms with Gasteiger partial charge >= 0.3 is 0 Å². The lowest BCUT2D eigenvalue weighted by Gasteiger charge is -2.17. The third-order valence-electron chi connectivity index (χ3n) is 4.32. The summed E-state index contributed by atoms with van der Waals surface area (Å²) in [6, 6.07) is 20.4. The highest BCUT2D eigenvalue weighted by Crippen LogP contribution is 2.40. The van der Waals surface area contributed by atoms with Crippen LogP contribution >= 0.6 is 0 Å². The Morgan fingerprint density at radius 3 is 1.88 bits per heavy atom. The lowest BCUT2D eigenvalue weighted by Crippen LogP contribution is -2.14. The molecule has 0 fully saturated rings. The number of primary amides is 1. The number of hydrogen-bond donors (Lipinski definition) is 1. The third kappa shape index (κ3) is 2.62. The van der Waals surface area contributed by atoms with Gasteiger partial charge in [0, 0.05) is 17.3 Å². The normalized spacial score (nSPS) is 11.0. The molecule has 0 radical (unpaired) electrons. The lowest BCUT2D eigenvalue weighted by molar-refractivity contribution is 0.1000. The molecule has 3 nitrogen and oxygen atoms in total. The number of nitrogens with zero attached hydrogens (tertiary/aromatic N) is 1. The second-order valence-corrected chi connectivity index (χ2v) is 6.24. The smallest absolute Gasteiger partial charge is 0.251 e. The SMILES string of the molecule is Cc1c(C(N)=O)c(-c2ccccc2)c(-c2ccccc2)n1C(C)C. The zero-order valence-electron chi connectivity index (χ0n) is 14.3. The summed E-state index contributed by atoms with van der Waals surface area (Å²) in [5, 5.41) is 0. The maximum atomic E-state index is 12.2. The summed E-state index contributed by atoms with van der Waals surface area (Å²) < 4.78 is 2.21. The number of amides is 1. The van der Waals surface area contributed by atoms with Crippen LogP contribution in [0.5, 0.6) is 0 Å². The van der Waals surface area contributed by atoms with Gasteiger partial charge in [-0.3, -0.25) is 4.79 Å². The molecule has 0 atom stereocenters. The van der Waals surface area contributed by atoms with Crippen molar-refractivity contribution < 1.29 is 4.79 Å². The predicted octanol–water partition coefficient (Wildman–Crippen LogP) is 4.81. The summed E-state index contributed by atoms with van der Waals surface area (Å²) in [5.74, 6) is -0.386. The monoisotopic (exact) mass is 318 g/mol. The molecular formula is C21H22N2O. The molecule has 24 heavy (non-hydrogen) atoms. The van der Waals surface area contributed by atoms with E-state index in [0.29, 0.717) is 5.56 Å². The van der Waals surface area contributed by atoms with Gasteiger partial charge in [0.25, 0.3) is 5.91 Å². The van der Waals surface area contributed by atoms with Gasteiger partial charge in [0.1, 0.15) is 0 Å². The Morgan fingerprint density at radius 2 is 1.42 bits per heavy atom. The van der Waals surface area contributed by atoms with E-state index in [-0.39, 0.29) is 11.9 Å². The number of hydrogen-bond acceptors (Lipinski definition) is 1. The molecule has 2 aromatic carbocycles. The Kier molecular flexibility index (Phi) is 4.26. The molecule has 0 spiro atoms. The fourth-order valence-electron chi connectivity index (χ4n) is 3.42. The molecule has 1 aromatic heterocycles. The standard InChI is InChI=1S/C21H22N2O/c1-14(2)23-15(3)18(21(22)24)19(16-10-6-4-7-11-16)20(23)17-12-8-5-9-13-17/h4-14H,1-3H3,(H2,22,24). The van der Waals surface area contributed by atoms with Crippen LogP contribution in [-0.2, 0) is 0 Å². The van der Waals surface area contributed by atoms with Gasteiger partial charge in [-0.1, -0.05) is 60.7 Å². The van der Waals surface area contributed by atoms with Gasteiger partial charge in [-0.25, -0.2) is 0 Å². The van der Waals surface area contributed by atoms with Crippen molar-refractivity contribution in [2.45, 2.75) is 26.8 Å². The van der Waals surface area contributed by atoms with E-state index in [1.54, 1.807) is 0 Å². The van der Waals surface area contributed by atoms with Gasteiger partial charge in [0.2, 0.25) is 0 Å². The first-order valence-corrected chi connectivity index (χ1v) is 8.17. The van der Waals surface area contributed by atoms with Gasteiger partial charge in [-0.2, -0.15) is 0 Å². The maximum Gasteiger partial charge on any atom is 0.251 e. The number of aromatic nitrogens is 1. The minimum absolute atomic E-state index is 0.218. The molecule has 0 aliphatic carbocycles. The average molecular weight is 318 g/mol. The second-order valence-electron chi connectivity index (χ2n) is 6.24. The van der Waals surface area contributed by atoms with E-state index < -0.39 is 0 Å². The summed E-state index contributed by atoms with van der Waals surface area (Å²) in [7, 11) is 0. The summed E-state index contributed by atoms with van der Waals surface area (Å²) in [6.07, 6.45) is 0. The third-order valence-corrected chi connectivity index (χ3v) is 4.32. The molecule has 0 saturated carbocycles. The second kappa shape index (κ2) is 6.36. The fourth-order valence-corrected chi connectivity index (χ4v) is 3.42. The zero-order valence-corrected chi connectivity index (χ0v) is 14.3. The number of nitrogens with two attached hydrogens (primary N) is 1. The molecule has 3 rings (SSSR count). The van der Waals surface area contributed by atoms with Crippen molar-refractivity contribution in [1.29, 1.82) is 0 Å². The van der Waals surface area contributed by atoms with Crippen molar-refractivity contribution in [3.63, 3.8) is 0 Å². The van der Waals surface area contributed by atoms with Crippen LogP contribution in [0.3, 0.4) is 0 Å². The first-order chi connectivity index (χ1) is 11.5. The molecule has 3 heteroatoms. The highest BCUT2D eigenvalue weighted by atomic mass is 16.1. The number of benzene rings is 2. The number of rotatable bonds is 4. The fraction of sp³-hybridized carbons (Fsp3) is 0.190. The highest BCUT2D eigenvalue weighted by Gasteiger charge is 2.26. The maximum absolute atomic E-state index is 12.2. The first-order valence-electron chi connectivity index (χ1n) is 8.17. The van der Waals surface area contributed by atoms with Crippen LogP contribution in [0.2, 0.25) is 0 Å². The van der Waals surface area contributed by atoms with Crippen LogP contribution in [0.1, 0.15) is 35.9 Å². The van der Waals surface area contributed by atoms with E-state index in [9.17, 15) is 4.79 Å². The minimum Gasteiger partial charge on any atom is -0.366 e. The van der Waals surface area contributed by atoms with Crippen molar-refractivity contribution in [2.24, 2.45) is 5.73 Å². The van der Waals surface area contributed by atoms with Gasteiger partial charge in [-0.05, 0) is 31.9 Å². The zero-order chi connectivity index (χ0) is 17.3. The molecule has 122 valence electrons. The van der Waals surface area contributed by atoms with Crippen LogP contribution in [-0.4, -0.2) is 10.5 Å². The molecule has 0 aliphatic rings. The topological polar surface area (TPSA) is 48.0 Å². The highest BCUT2D eigenvalue weighted by molar-refractivity contribution is 6.05. The van der Waals surface area contributed by atoms with Gasteiger partial charge in [0.15, 0.2) is 0 Å². The quantitative estimate of drug-likeness (QED) is 0.737. The van der Waals surface area contributed by atoms with Crippen molar-refractivity contribution in [3.05, 3.63) is 71.9 Å². The van der Waals surface area contributed by atoms with Crippen LogP contribution < -0.4 is 5.73 Å². The molecule has 0 saturated heterocycles. The lowest BCUT2D eigenvalue weighted by atomic mass is 9.96.